The second-order valence-electron chi connectivity index (χ2n) is 16.8. The van der Waals surface area contributed by atoms with Crippen molar-refractivity contribution in [1.29, 1.82) is 0 Å². The van der Waals surface area contributed by atoms with E-state index < -0.39 is 96.2 Å². The van der Waals surface area contributed by atoms with Crippen LogP contribution in [0.5, 0.6) is 0 Å². The molecule has 0 radical (unpaired) electrons. The van der Waals surface area contributed by atoms with Gasteiger partial charge in [-0.15, -0.1) is 0 Å². The van der Waals surface area contributed by atoms with Gasteiger partial charge in [-0.3, -0.25) is 9.59 Å². The van der Waals surface area contributed by atoms with E-state index in [9.17, 15) is 45.5 Å². The van der Waals surface area contributed by atoms with Crippen LogP contribution in [0.4, 0.5) is 26.3 Å². The summed E-state index contributed by atoms with van der Waals surface area (Å²) in [6.07, 6.45) is -9.52. The summed E-state index contributed by atoms with van der Waals surface area (Å²) in [6.45, 7) is 18.7. The van der Waals surface area contributed by atoms with Gasteiger partial charge in [-0.05, 0) is 78.4 Å². The number of hydrogen-bond acceptors (Lipinski definition) is 8. The molecule has 16 heteroatoms. The van der Waals surface area contributed by atoms with E-state index in [2.05, 4.69) is 21.3 Å². The van der Waals surface area contributed by atoms with E-state index in [1.807, 2.05) is 12.1 Å². The number of rotatable bonds is 16. The first kappa shape index (κ1) is 51.8. The Morgan fingerprint density at radius 2 is 0.793 bits per heavy atom. The quantitative estimate of drug-likeness (QED) is 0.0989. The van der Waals surface area contributed by atoms with Crippen molar-refractivity contribution in [1.82, 2.24) is 21.3 Å². The minimum Gasteiger partial charge on any atom is -0.458 e. The second kappa shape index (κ2) is 22.3. The molecule has 0 aliphatic rings. The fourth-order valence-electron chi connectivity index (χ4n) is 5.26. The molecule has 10 nitrogen and oxygen atoms in total. The van der Waals surface area contributed by atoms with Gasteiger partial charge in [0, 0.05) is 25.2 Å². The molecule has 4 N–H and O–H groups in total. The zero-order chi connectivity index (χ0) is 44.8. The number of carbonyl (C=O) groups is 4. The number of halogens is 6. The van der Waals surface area contributed by atoms with Crippen molar-refractivity contribution in [3.8, 4) is 0 Å². The maximum atomic E-state index is 13.5. The van der Waals surface area contributed by atoms with Crippen LogP contribution in [0.3, 0.4) is 0 Å². The lowest BCUT2D eigenvalue weighted by molar-refractivity contribution is -0.185. The van der Waals surface area contributed by atoms with Crippen LogP contribution in [0.25, 0.3) is 0 Å². The first-order chi connectivity index (χ1) is 26.4. The molecule has 0 aliphatic heterocycles. The summed E-state index contributed by atoms with van der Waals surface area (Å²) in [4.78, 5) is 49.5. The molecule has 0 spiro atoms. The smallest absolute Gasteiger partial charge is 0.401 e. The number of esters is 2. The first-order valence-electron chi connectivity index (χ1n) is 19.2. The zero-order valence-electron chi connectivity index (χ0n) is 35.5. The van der Waals surface area contributed by atoms with E-state index >= 15 is 0 Å². The fraction of sp³-hybridized carbons (Fsp3) is 0.619. The maximum Gasteiger partial charge on any atom is 0.401 e. The maximum absolute atomic E-state index is 13.5. The predicted molar refractivity (Wildman–Crippen MR) is 210 cm³/mol. The second-order valence-corrected chi connectivity index (χ2v) is 16.8. The average Bonchev–Trinajstić information content (AvgIpc) is 3.07. The SMILES string of the molecule is CC(C)[C@H](NC(=O)[C@H](CN[C@@H](C)c1ccccc1)C(F)(F)F)C(=O)OC(C)(C)C.CC(C)[C@H](NC(=O)[C@H](CN[C@@H](C)c1ccccc1)C(F)(F)F)C(=O)OC(C)(C)C. The van der Waals surface area contributed by atoms with Crippen LogP contribution in [-0.4, -0.2) is 72.5 Å². The van der Waals surface area contributed by atoms with E-state index in [0.29, 0.717) is 0 Å². The van der Waals surface area contributed by atoms with Crippen molar-refractivity contribution in [3.05, 3.63) is 71.8 Å². The molecular weight excluding hydrogens is 770 g/mol. The molecule has 0 aliphatic carbocycles. The number of benzene rings is 2. The van der Waals surface area contributed by atoms with E-state index in [1.165, 1.54) is 0 Å². The molecule has 2 aromatic rings. The highest BCUT2D eigenvalue weighted by Crippen LogP contribution is 2.29. The van der Waals surface area contributed by atoms with Crippen molar-refractivity contribution in [2.75, 3.05) is 13.1 Å². The zero-order valence-corrected chi connectivity index (χ0v) is 35.5. The van der Waals surface area contributed by atoms with Gasteiger partial charge in [0.1, 0.15) is 35.1 Å². The Kier molecular flexibility index (Phi) is 19.9. The Morgan fingerprint density at radius 3 is 1.02 bits per heavy atom. The molecule has 0 aromatic heterocycles. The Balaban J connectivity index is 0.000000580. The van der Waals surface area contributed by atoms with Crippen molar-refractivity contribution < 1.29 is 55.0 Å². The molecule has 6 atom stereocenters. The minimum atomic E-state index is -4.76. The lowest BCUT2D eigenvalue weighted by Crippen LogP contribution is -2.53. The standard InChI is InChI=1S/2C21H31F3N2O3/c2*1-13(2)17(19(28)29-20(4,5)6)26-18(27)16(21(22,23)24)12-25-14(3)15-10-8-7-9-11-15/h2*7-11,13-14,16-17,25H,12H2,1-6H3,(H,26,27)/t2*14-,16-,17-/m00/s1. The monoisotopic (exact) mass is 832 g/mol. The Hall–Kier alpha value is -4.18. The normalized spacial score (nSPS) is 15.5. The number of hydrogen-bond donors (Lipinski definition) is 4. The number of alkyl halides is 6. The van der Waals surface area contributed by atoms with Gasteiger partial charge in [0.05, 0.1) is 0 Å². The van der Waals surface area contributed by atoms with Gasteiger partial charge in [-0.1, -0.05) is 88.4 Å². The highest BCUT2D eigenvalue weighted by molar-refractivity contribution is 5.87. The summed E-state index contributed by atoms with van der Waals surface area (Å²) in [7, 11) is 0. The summed E-state index contributed by atoms with van der Waals surface area (Å²) >= 11 is 0. The van der Waals surface area contributed by atoms with E-state index in [4.69, 9.17) is 9.47 Å². The number of ether oxygens (including phenoxy) is 2. The topological polar surface area (TPSA) is 135 Å². The van der Waals surface area contributed by atoms with Crippen LogP contribution in [0, 0.1) is 23.7 Å². The van der Waals surface area contributed by atoms with Gasteiger partial charge < -0.3 is 30.7 Å². The molecule has 2 rings (SSSR count). The highest BCUT2D eigenvalue weighted by Gasteiger charge is 2.47. The van der Waals surface area contributed by atoms with Crippen molar-refractivity contribution in [2.24, 2.45) is 23.7 Å². The molecular formula is C42H62F6N4O6. The Bertz CT molecular complexity index is 1460. The van der Waals surface area contributed by atoms with E-state index in [1.54, 1.807) is 132 Å². The number of carbonyl (C=O) groups excluding carboxylic acids is 4. The lowest BCUT2D eigenvalue weighted by atomic mass is 10.0. The Labute approximate surface area is 339 Å². The van der Waals surface area contributed by atoms with Crippen molar-refractivity contribution in [3.63, 3.8) is 0 Å². The van der Waals surface area contributed by atoms with Crippen LogP contribution in [-0.2, 0) is 28.7 Å². The van der Waals surface area contributed by atoms with Crippen LogP contribution < -0.4 is 21.3 Å². The molecule has 0 saturated carbocycles. The van der Waals surface area contributed by atoms with Crippen LogP contribution in [0.1, 0.15) is 106 Å². The molecule has 2 aromatic carbocycles. The molecule has 0 fully saturated rings. The molecule has 58 heavy (non-hydrogen) atoms. The average molecular weight is 833 g/mol. The van der Waals surface area contributed by atoms with Gasteiger partial charge in [0.15, 0.2) is 0 Å². The van der Waals surface area contributed by atoms with Crippen molar-refractivity contribution >= 4 is 23.8 Å². The molecule has 0 bridgehead atoms. The summed E-state index contributed by atoms with van der Waals surface area (Å²) in [5.74, 6) is -9.48. The van der Waals surface area contributed by atoms with Crippen LogP contribution in [0.2, 0.25) is 0 Å². The minimum absolute atomic E-state index is 0.374. The van der Waals surface area contributed by atoms with E-state index in [0.717, 1.165) is 11.1 Å². The first-order valence-corrected chi connectivity index (χ1v) is 19.2. The van der Waals surface area contributed by atoms with Crippen LogP contribution >= 0.6 is 0 Å². The third-order valence-corrected chi connectivity index (χ3v) is 8.53. The van der Waals surface area contributed by atoms with Gasteiger partial charge >= 0.3 is 24.3 Å². The van der Waals surface area contributed by atoms with Gasteiger partial charge in [-0.2, -0.15) is 26.3 Å². The summed E-state index contributed by atoms with van der Waals surface area (Å²) in [5.41, 5.74) is -0.0129. The molecule has 0 unspecified atom stereocenters. The lowest BCUT2D eigenvalue weighted by Gasteiger charge is -2.29. The largest absolute Gasteiger partial charge is 0.458 e. The number of amides is 2. The third kappa shape index (κ3) is 19.0. The molecule has 2 amide bonds. The predicted octanol–water partition coefficient (Wildman–Crippen LogP) is 8.00. The summed E-state index contributed by atoms with van der Waals surface area (Å²) in [6, 6.07) is 14.8. The van der Waals surface area contributed by atoms with Gasteiger partial charge in [0.2, 0.25) is 11.8 Å². The fourth-order valence-corrected chi connectivity index (χ4v) is 5.26. The number of nitrogens with one attached hydrogen (secondary N) is 4. The van der Waals surface area contributed by atoms with Crippen molar-refractivity contribution in [2.45, 2.75) is 131 Å². The molecule has 0 saturated heterocycles. The Morgan fingerprint density at radius 1 is 0.517 bits per heavy atom. The van der Waals surface area contributed by atoms with E-state index in [-0.39, 0.29) is 12.1 Å². The molecule has 0 heterocycles. The third-order valence-electron chi connectivity index (χ3n) is 8.53. The summed E-state index contributed by atoms with van der Waals surface area (Å²) in [5, 5.41) is 9.99. The summed E-state index contributed by atoms with van der Waals surface area (Å²) < 4.78 is 91.6. The van der Waals surface area contributed by atoms with Crippen LogP contribution in [0.15, 0.2) is 60.7 Å². The van der Waals surface area contributed by atoms with Gasteiger partial charge in [-0.25, -0.2) is 9.59 Å². The molecule has 328 valence electrons. The highest BCUT2D eigenvalue weighted by atomic mass is 19.4. The van der Waals surface area contributed by atoms with Gasteiger partial charge in [0.25, 0.3) is 0 Å².